The highest BCUT2D eigenvalue weighted by Crippen LogP contribution is 2.22. The minimum Gasteiger partial charge on any atom is -0.497 e. The number of nitrogens with one attached hydrogen (secondary N) is 1. The van der Waals surface area contributed by atoms with E-state index in [-0.39, 0.29) is 5.41 Å². The van der Waals surface area contributed by atoms with Gasteiger partial charge in [-0.25, -0.2) is 0 Å². The molecule has 3 rings (SSSR count). The average Bonchev–Trinajstić information content (AvgIpc) is 3.27. The summed E-state index contributed by atoms with van der Waals surface area (Å²) in [6, 6.07) is 20.3. The molecule has 0 atom stereocenters. The fourth-order valence-corrected chi connectivity index (χ4v) is 2.77. The second-order valence-electron chi connectivity index (χ2n) is 9.90. The first-order valence-electron chi connectivity index (χ1n) is 13.6. The van der Waals surface area contributed by atoms with Gasteiger partial charge in [0.2, 0.25) is 0 Å². The maximum Gasteiger partial charge on any atom is 0.124 e. The Balaban J connectivity index is 0. The normalized spacial score (nSPS) is 9.57. The van der Waals surface area contributed by atoms with Crippen LogP contribution < -0.4 is 10.1 Å². The van der Waals surface area contributed by atoms with Gasteiger partial charge in [0.25, 0.3) is 0 Å². The maximum atomic E-state index is 4.97. The van der Waals surface area contributed by atoms with E-state index < -0.39 is 0 Å². The number of nitrogens with zero attached hydrogens (tertiary/aromatic N) is 2. The van der Waals surface area contributed by atoms with E-state index in [1.807, 2.05) is 54.2 Å². The molecule has 0 aliphatic carbocycles. The molecule has 0 saturated carbocycles. The summed E-state index contributed by atoms with van der Waals surface area (Å²) >= 11 is 0. The summed E-state index contributed by atoms with van der Waals surface area (Å²) in [7, 11) is 3.64. The molecule has 1 aromatic heterocycles. The minimum atomic E-state index is 0.261. The minimum absolute atomic E-state index is 0.261. The molecule has 0 aliphatic heterocycles. The van der Waals surface area contributed by atoms with Crippen LogP contribution >= 0.6 is 0 Å². The Morgan fingerprint density at radius 3 is 1.81 bits per heavy atom. The SMILES string of the molecule is C=C.CCC.CCCCC.COc1ccc(C)cc1.Cn1nc(-c2ccccc2)cc1NCC(C)(C)C. The Labute approximate surface area is 229 Å². The molecule has 0 amide bonds. The summed E-state index contributed by atoms with van der Waals surface area (Å²) in [5.74, 6) is 1.98. The largest absolute Gasteiger partial charge is 0.497 e. The standard InChI is InChI=1S/C15H21N3.C8H10O.C5H12.C3H8.C2H4/c1-15(2,3)11-16-14-10-13(17-18(14)4)12-8-6-5-7-9-12;1-7-3-5-8(9-2)6-4-7;1-3-5-4-2;1-3-2;1-2/h5-10,16H,11H2,1-4H3;3-6H,1-2H3;3-5H2,1-2H3;3H2,1-2H3;1-2H2. The second-order valence-corrected chi connectivity index (χ2v) is 9.90. The van der Waals surface area contributed by atoms with E-state index in [0.29, 0.717) is 0 Å². The van der Waals surface area contributed by atoms with Gasteiger partial charge >= 0.3 is 0 Å². The zero-order valence-electron chi connectivity index (χ0n) is 25.5. The molecule has 2 aromatic carbocycles. The summed E-state index contributed by atoms with van der Waals surface area (Å²) in [4.78, 5) is 0. The van der Waals surface area contributed by atoms with E-state index in [4.69, 9.17) is 4.74 Å². The summed E-state index contributed by atoms with van der Waals surface area (Å²) in [6.45, 7) is 24.3. The molecule has 208 valence electrons. The van der Waals surface area contributed by atoms with Crippen molar-refractivity contribution >= 4 is 5.82 Å². The van der Waals surface area contributed by atoms with Crippen molar-refractivity contribution < 1.29 is 4.74 Å². The highest BCUT2D eigenvalue weighted by molar-refractivity contribution is 5.62. The number of hydrogen-bond acceptors (Lipinski definition) is 3. The van der Waals surface area contributed by atoms with Crippen molar-refractivity contribution in [1.29, 1.82) is 0 Å². The Morgan fingerprint density at radius 2 is 1.41 bits per heavy atom. The molecule has 1 heterocycles. The molecule has 0 saturated heterocycles. The van der Waals surface area contributed by atoms with Crippen molar-refractivity contribution in [2.45, 2.75) is 81.1 Å². The lowest BCUT2D eigenvalue weighted by Gasteiger charge is -2.19. The number of aryl methyl sites for hydroxylation is 2. The van der Waals surface area contributed by atoms with Crippen molar-refractivity contribution in [3.05, 3.63) is 79.4 Å². The quantitative estimate of drug-likeness (QED) is 0.336. The van der Waals surface area contributed by atoms with E-state index in [1.54, 1.807) is 7.11 Å². The Kier molecular flexibility index (Phi) is 21.7. The van der Waals surface area contributed by atoms with Crippen molar-refractivity contribution in [3.8, 4) is 17.0 Å². The van der Waals surface area contributed by atoms with Crippen LogP contribution in [0.2, 0.25) is 0 Å². The number of hydrogen-bond donors (Lipinski definition) is 1. The monoisotopic (exact) mass is 509 g/mol. The summed E-state index contributed by atoms with van der Waals surface area (Å²) < 4.78 is 6.87. The lowest BCUT2D eigenvalue weighted by Crippen LogP contribution is -2.20. The third kappa shape index (κ3) is 18.9. The first-order chi connectivity index (χ1) is 17.6. The zero-order chi connectivity index (χ0) is 28.7. The van der Waals surface area contributed by atoms with E-state index in [0.717, 1.165) is 29.4 Å². The molecule has 0 radical (unpaired) electrons. The summed E-state index contributed by atoms with van der Waals surface area (Å²) in [5, 5.41) is 7.98. The molecule has 0 aliphatic rings. The molecule has 4 nitrogen and oxygen atoms in total. The van der Waals surface area contributed by atoms with Gasteiger partial charge in [-0.2, -0.15) is 5.10 Å². The maximum absolute atomic E-state index is 4.97. The molecule has 1 N–H and O–H groups in total. The van der Waals surface area contributed by atoms with Crippen LogP contribution in [0.1, 0.15) is 79.7 Å². The van der Waals surface area contributed by atoms with Gasteiger partial charge in [0, 0.05) is 25.2 Å². The molecule has 37 heavy (non-hydrogen) atoms. The predicted octanol–water partition coefficient (Wildman–Crippen LogP) is 9.96. The van der Waals surface area contributed by atoms with Crippen LogP contribution in [0.15, 0.2) is 73.8 Å². The fourth-order valence-electron chi connectivity index (χ4n) is 2.77. The average molecular weight is 510 g/mol. The Bertz CT molecular complexity index is 892. The van der Waals surface area contributed by atoms with Gasteiger partial charge in [0.15, 0.2) is 0 Å². The van der Waals surface area contributed by atoms with E-state index in [1.165, 1.54) is 31.2 Å². The van der Waals surface area contributed by atoms with E-state index >= 15 is 0 Å². The number of methoxy groups -OCH3 is 1. The molecule has 0 fully saturated rings. The van der Waals surface area contributed by atoms with Gasteiger partial charge in [-0.1, -0.05) is 122 Å². The molecule has 3 aromatic rings. The van der Waals surface area contributed by atoms with Crippen LogP contribution in [0, 0.1) is 12.3 Å². The molecular weight excluding hydrogens is 454 g/mol. The first kappa shape index (κ1) is 36.1. The first-order valence-corrected chi connectivity index (χ1v) is 13.6. The number of rotatable bonds is 6. The van der Waals surface area contributed by atoms with Crippen LogP contribution in [0.5, 0.6) is 5.75 Å². The smallest absolute Gasteiger partial charge is 0.124 e. The topological polar surface area (TPSA) is 39.1 Å². The van der Waals surface area contributed by atoms with Gasteiger partial charge < -0.3 is 10.1 Å². The van der Waals surface area contributed by atoms with Gasteiger partial charge in [0.1, 0.15) is 11.6 Å². The number of ether oxygens (including phenoxy) is 1. The Morgan fingerprint density at radius 1 is 0.892 bits per heavy atom. The zero-order valence-corrected chi connectivity index (χ0v) is 25.5. The number of anilines is 1. The van der Waals surface area contributed by atoms with Gasteiger partial charge in [-0.05, 0) is 24.5 Å². The highest BCUT2D eigenvalue weighted by atomic mass is 16.5. The summed E-state index contributed by atoms with van der Waals surface area (Å²) in [5.41, 5.74) is 3.68. The third-order valence-electron chi connectivity index (χ3n) is 4.71. The number of benzene rings is 2. The van der Waals surface area contributed by atoms with Crippen molar-refractivity contribution in [2.75, 3.05) is 19.0 Å². The van der Waals surface area contributed by atoms with E-state index in [9.17, 15) is 0 Å². The lowest BCUT2D eigenvalue weighted by molar-refractivity contribution is 0.414. The van der Waals surface area contributed by atoms with Crippen molar-refractivity contribution in [1.82, 2.24) is 9.78 Å². The molecule has 0 spiro atoms. The van der Waals surface area contributed by atoms with Crippen LogP contribution in [-0.2, 0) is 7.05 Å². The third-order valence-corrected chi connectivity index (χ3v) is 4.71. The van der Waals surface area contributed by atoms with Crippen LogP contribution in [0.4, 0.5) is 5.82 Å². The van der Waals surface area contributed by atoms with E-state index in [2.05, 4.69) is 97.2 Å². The van der Waals surface area contributed by atoms with Crippen LogP contribution in [0.25, 0.3) is 11.3 Å². The predicted molar refractivity (Wildman–Crippen MR) is 167 cm³/mol. The molecule has 0 unspecified atom stereocenters. The van der Waals surface area contributed by atoms with Crippen LogP contribution in [0.3, 0.4) is 0 Å². The van der Waals surface area contributed by atoms with Gasteiger partial charge in [-0.3, -0.25) is 4.68 Å². The molecular formula is C33H55N3O. The van der Waals surface area contributed by atoms with Crippen LogP contribution in [-0.4, -0.2) is 23.4 Å². The van der Waals surface area contributed by atoms with Crippen molar-refractivity contribution in [3.63, 3.8) is 0 Å². The lowest BCUT2D eigenvalue weighted by atomic mass is 9.97. The van der Waals surface area contributed by atoms with Crippen molar-refractivity contribution in [2.24, 2.45) is 12.5 Å². The molecule has 4 heteroatoms. The summed E-state index contributed by atoms with van der Waals surface area (Å²) in [6.07, 6.45) is 5.33. The second kappa shape index (κ2) is 22.2. The molecule has 0 bridgehead atoms. The van der Waals surface area contributed by atoms with Gasteiger partial charge in [0.05, 0.1) is 12.8 Å². The van der Waals surface area contributed by atoms with Gasteiger partial charge in [-0.15, -0.1) is 13.2 Å². The number of aromatic nitrogens is 2. The number of unbranched alkanes of at least 4 members (excludes halogenated alkanes) is 2. The Hall–Kier alpha value is -3.01. The highest BCUT2D eigenvalue weighted by Gasteiger charge is 2.12. The fraction of sp³-hybridized carbons (Fsp3) is 0.485.